The molecule has 1 aliphatic heterocycles. The lowest BCUT2D eigenvalue weighted by Gasteiger charge is -2.30. The summed E-state index contributed by atoms with van der Waals surface area (Å²) in [4.78, 5) is 14.7. The molecule has 0 aliphatic carbocycles. The van der Waals surface area contributed by atoms with Crippen molar-refractivity contribution in [3.63, 3.8) is 0 Å². The molecule has 0 bridgehead atoms. The zero-order valence-corrected chi connectivity index (χ0v) is 14.7. The van der Waals surface area contributed by atoms with E-state index in [0.717, 1.165) is 43.6 Å². The average molecular weight is 338 g/mol. The fourth-order valence-electron chi connectivity index (χ4n) is 3.19. The molecule has 2 aromatic rings. The van der Waals surface area contributed by atoms with Crippen molar-refractivity contribution in [2.24, 2.45) is 0 Å². The number of aliphatic hydroxyl groups excluding tert-OH is 1. The molecule has 1 amide bonds. The molecule has 1 saturated heterocycles. The predicted octanol–water partition coefficient (Wildman–Crippen LogP) is 2.88. The Hall–Kier alpha value is -2.17. The zero-order chi connectivity index (χ0) is 17.6. The maximum Gasteiger partial charge on any atom is 0.251 e. The first-order valence-electron chi connectivity index (χ1n) is 8.94. The topological polar surface area (TPSA) is 52.6 Å². The van der Waals surface area contributed by atoms with Gasteiger partial charge in [-0.05, 0) is 43.0 Å². The van der Waals surface area contributed by atoms with Gasteiger partial charge in [-0.3, -0.25) is 9.69 Å². The minimum absolute atomic E-state index is 0.0455. The van der Waals surface area contributed by atoms with Gasteiger partial charge in [0.1, 0.15) is 0 Å². The highest BCUT2D eigenvalue weighted by Gasteiger charge is 2.18. The lowest BCUT2D eigenvalue weighted by molar-refractivity contribution is 0.0790. The fraction of sp³-hybridized carbons (Fsp3) is 0.381. The van der Waals surface area contributed by atoms with Gasteiger partial charge in [0.15, 0.2) is 0 Å². The fourth-order valence-corrected chi connectivity index (χ4v) is 3.19. The van der Waals surface area contributed by atoms with Gasteiger partial charge in [-0.15, -0.1) is 0 Å². The second kappa shape index (κ2) is 8.28. The van der Waals surface area contributed by atoms with Crippen LogP contribution in [0.5, 0.6) is 0 Å². The largest absolute Gasteiger partial charge is 0.393 e. The third kappa shape index (κ3) is 4.91. The number of hydrogen-bond donors (Lipinski definition) is 2. The second-order valence-electron chi connectivity index (χ2n) is 6.82. The number of piperidine rings is 1. The maximum absolute atomic E-state index is 12.3. The number of aliphatic hydroxyl groups is 1. The highest BCUT2D eigenvalue weighted by molar-refractivity contribution is 5.94. The number of nitrogens with one attached hydrogen (secondary N) is 1. The van der Waals surface area contributed by atoms with Crippen LogP contribution in [0.1, 0.15) is 39.9 Å². The molecule has 1 aliphatic rings. The monoisotopic (exact) mass is 338 g/mol. The van der Waals surface area contributed by atoms with Gasteiger partial charge in [0.25, 0.3) is 5.91 Å². The summed E-state index contributed by atoms with van der Waals surface area (Å²) in [5.41, 5.74) is 4.22. The Labute approximate surface area is 149 Å². The Morgan fingerprint density at radius 3 is 2.40 bits per heavy atom. The Balaban J connectivity index is 1.60. The van der Waals surface area contributed by atoms with Gasteiger partial charge in [-0.25, -0.2) is 0 Å². The first-order valence-corrected chi connectivity index (χ1v) is 8.94. The molecule has 3 rings (SSSR count). The van der Waals surface area contributed by atoms with Crippen LogP contribution < -0.4 is 5.32 Å². The third-order valence-corrected chi connectivity index (χ3v) is 4.82. The number of benzene rings is 2. The maximum atomic E-state index is 12.3. The van der Waals surface area contributed by atoms with E-state index < -0.39 is 0 Å². The Kier molecular flexibility index (Phi) is 5.84. The Bertz CT molecular complexity index is 704. The van der Waals surface area contributed by atoms with Crippen molar-refractivity contribution in [1.82, 2.24) is 10.2 Å². The van der Waals surface area contributed by atoms with Gasteiger partial charge in [0.05, 0.1) is 6.10 Å². The molecule has 0 unspecified atom stereocenters. The molecule has 0 spiro atoms. The van der Waals surface area contributed by atoms with Gasteiger partial charge >= 0.3 is 0 Å². The SMILES string of the molecule is Cc1ccc(C(=O)NCc2ccccc2CN2CCC(O)CC2)cc1. The lowest BCUT2D eigenvalue weighted by atomic mass is 10.0. The van der Waals surface area contributed by atoms with Crippen LogP contribution in [-0.4, -0.2) is 35.1 Å². The van der Waals surface area contributed by atoms with Crippen LogP contribution in [0.4, 0.5) is 0 Å². The Morgan fingerprint density at radius 1 is 1.08 bits per heavy atom. The molecular formula is C21H26N2O2. The highest BCUT2D eigenvalue weighted by atomic mass is 16.3. The second-order valence-corrected chi connectivity index (χ2v) is 6.82. The molecule has 4 nitrogen and oxygen atoms in total. The van der Waals surface area contributed by atoms with Crippen LogP contribution in [0.15, 0.2) is 48.5 Å². The van der Waals surface area contributed by atoms with E-state index in [1.54, 1.807) is 0 Å². The predicted molar refractivity (Wildman–Crippen MR) is 99.3 cm³/mol. The van der Waals surface area contributed by atoms with Crippen molar-refractivity contribution >= 4 is 5.91 Å². The average Bonchev–Trinajstić information content (AvgIpc) is 2.63. The first-order chi connectivity index (χ1) is 12.1. The van der Waals surface area contributed by atoms with E-state index in [0.29, 0.717) is 12.1 Å². The number of likely N-dealkylation sites (tertiary alicyclic amines) is 1. The zero-order valence-electron chi connectivity index (χ0n) is 14.7. The van der Waals surface area contributed by atoms with Gasteiger partial charge in [0, 0.05) is 31.7 Å². The normalized spacial score (nSPS) is 15.9. The summed E-state index contributed by atoms with van der Waals surface area (Å²) in [6, 6.07) is 15.9. The number of carbonyl (C=O) groups is 1. The van der Waals surface area contributed by atoms with E-state index in [2.05, 4.69) is 22.3 Å². The standard InChI is InChI=1S/C21H26N2O2/c1-16-6-8-17(9-7-16)21(25)22-14-18-4-2-3-5-19(18)15-23-12-10-20(24)11-13-23/h2-9,20,24H,10-15H2,1H3,(H,22,25). The summed E-state index contributed by atoms with van der Waals surface area (Å²) in [6.07, 6.45) is 1.53. The molecule has 0 atom stereocenters. The molecular weight excluding hydrogens is 312 g/mol. The van der Waals surface area contributed by atoms with Gasteiger partial charge in [0.2, 0.25) is 0 Å². The lowest BCUT2D eigenvalue weighted by Crippen LogP contribution is -2.35. The molecule has 132 valence electrons. The van der Waals surface area contributed by atoms with Crippen LogP contribution in [0.2, 0.25) is 0 Å². The Morgan fingerprint density at radius 2 is 1.72 bits per heavy atom. The molecule has 0 radical (unpaired) electrons. The van der Waals surface area contributed by atoms with E-state index in [1.807, 2.05) is 43.3 Å². The summed E-state index contributed by atoms with van der Waals surface area (Å²) in [5, 5.41) is 12.7. The van der Waals surface area contributed by atoms with Crippen LogP contribution in [0.25, 0.3) is 0 Å². The van der Waals surface area contributed by atoms with Gasteiger partial charge in [-0.2, -0.15) is 0 Å². The number of nitrogens with zero attached hydrogens (tertiary/aromatic N) is 1. The molecule has 0 saturated carbocycles. The van der Waals surface area contributed by atoms with Crippen molar-refractivity contribution < 1.29 is 9.90 Å². The van der Waals surface area contributed by atoms with Crippen molar-refractivity contribution in [3.05, 3.63) is 70.8 Å². The summed E-state index contributed by atoms with van der Waals surface area (Å²) in [7, 11) is 0. The van der Waals surface area contributed by atoms with Crippen LogP contribution >= 0.6 is 0 Å². The first kappa shape index (κ1) is 17.6. The number of aryl methyl sites for hydroxylation is 1. The number of amides is 1. The number of rotatable bonds is 5. The minimum atomic E-state index is -0.153. The van der Waals surface area contributed by atoms with E-state index in [-0.39, 0.29) is 12.0 Å². The molecule has 2 aromatic carbocycles. The van der Waals surface area contributed by atoms with E-state index in [4.69, 9.17) is 0 Å². The third-order valence-electron chi connectivity index (χ3n) is 4.82. The summed E-state index contributed by atoms with van der Waals surface area (Å²) in [5.74, 6) is -0.0455. The van der Waals surface area contributed by atoms with Crippen molar-refractivity contribution in [2.45, 2.75) is 39.0 Å². The van der Waals surface area contributed by atoms with Gasteiger partial charge in [-0.1, -0.05) is 42.0 Å². The smallest absolute Gasteiger partial charge is 0.251 e. The van der Waals surface area contributed by atoms with E-state index >= 15 is 0 Å². The van der Waals surface area contributed by atoms with Gasteiger partial charge < -0.3 is 10.4 Å². The minimum Gasteiger partial charge on any atom is -0.393 e. The van der Waals surface area contributed by atoms with Crippen LogP contribution in [0, 0.1) is 6.92 Å². The molecule has 4 heteroatoms. The number of hydrogen-bond acceptors (Lipinski definition) is 3. The summed E-state index contributed by atoms with van der Waals surface area (Å²) >= 11 is 0. The number of carbonyl (C=O) groups excluding carboxylic acids is 1. The van der Waals surface area contributed by atoms with Crippen LogP contribution in [-0.2, 0) is 13.1 Å². The van der Waals surface area contributed by atoms with E-state index in [1.165, 1.54) is 5.56 Å². The summed E-state index contributed by atoms with van der Waals surface area (Å²) in [6.45, 7) is 5.25. The van der Waals surface area contributed by atoms with Crippen molar-refractivity contribution in [3.8, 4) is 0 Å². The quantitative estimate of drug-likeness (QED) is 0.881. The van der Waals surface area contributed by atoms with Crippen molar-refractivity contribution in [1.29, 1.82) is 0 Å². The molecule has 1 heterocycles. The molecule has 0 aromatic heterocycles. The molecule has 2 N–H and O–H groups in total. The molecule has 25 heavy (non-hydrogen) atoms. The van der Waals surface area contributed by atoms with Crippen LogP contribution in [0.3, 0.4) is 0 Å². The highest BCUT2D eigenvalue weighted by Crippen LogP contribution is 2.16. The van der Waals surface area contributed by atoms with E-state index in [9.17, 15) is 9.90 Å². The molecule has 1 fully saturated rings. The van der Waals surface area contributed by atoms with Crippen molar-refractivity contribution in [2.75, 3.05) is 13.1 Å². The summed E-state index contributed by atoms with van der Waals surface area (Å²) < 4.78 is 0.